The van der Waals surface area contributed by atoms with Gasteiger partial charge < -0.3 is 10.6 Å². The number of carbonyl (C=O) groups is 2. The van der Waals surface area contributed by atoms with Crippen LogP contribution >= 0.6 is 0 Å². The number of nitrogens with zero attached hydrogens (tertiary/aromatic N) is 1. The van der Waals surface area contributed by atoms with Crippen LogP contribution in [0.25, 0.3) is 0 Å². The molecule has 0 aliphatic carbocycles. The SMILES string of the molecule is Cc1cccc(NC(=O)CN(C)S(=O)(=O)c2ccc3c(c2)CCC(=O)N3)c1C. The third-order valence-corrected chi connectivity index (χ3v) is 6.72. The molecule has 148 valence electrons. The Hall–Kier alpha value is -2.71. The molecule has 8 heteroatoms. The van der Waals surface area contributed by atoms with Gasteiger partial charge in [0, 0.05) is 24.8 Å². The van der Waals surface area contributed by atoms with Crippen LogP contribution in [-0.4, -0.2) is 38.1 Å². The van der Waals surface area contributed by atoms with E-state index in [1.807, 2.05) is 26.0 Å². The van der Waals surface area contributed by atoms with Crippen molar-refractivity contribution in [1.82, 2.24) is 4.31 Å². The average Bonchev–Trinajstić information content (AvgIpc) is 2.64. The van der Waals surface area contributed by atoms with Gasteiger partial charge in [-0.2, -0.15) is 4.31 Å². The van der Waals surface area contributed by atoms with Crippen LogP contribution in [0.15, 0.2) is 41.3 Å². The lowest BCUT2D eigenvalue weighted by atomic mass is 10.0. The average molecular weight is 401 g/mol. The van der Waals surface area contributed by atoms with Crippen LogP contribution in [0.1, 0.15) is 23.1 Å². The van der Waals surface area contributed by atoms with Gasteiger partial charge in [0.25, 0.3) is 0 Å². The highest BCUT2D eigenvalue weighted by Gasteiger charge is 2.25. The van der Waals surface area contributed by atoms with Crippen molar-refractivity contribution in [3.05, 3.63) is 53.1 Å². The molecule has 3 rings (SSSR count). The number of amides is 2. The Morgan fingerprint density at radius 2 is 1.93 bits per heavy atom. The van der Waals surface area contributed by atoms with Crippen LogP contribution in [-0.2, 0) is 26.0 Å². The number of rotatable bonds is 5. The molecule has 0 radical (unpaired) electrons. The standard InChI is InChI=1S/C20H23N3O4S/c1-13-5-4-6-17(14(13)2)21-20(25)12-23(3)28(26,27)16-8-9-18-15(11-16)7-10-19(24)22-18/h4-6,8-9,11H,7,10,12H2,1-3H3,(H,21,25)(H,22,24). The molecule has 0 spiro atoms. The van der Waals surface area contributed by atoms with Gasteiger partial charge in [-0.3, -0.25) is 9.59 Å². The fraction of sp³-hybridized carbons (Fsp3) is 0.300. The summed E-state index contributed by atoms with van der Waals surface area (Å²) >= 11 is 0. The van der Waals surface area contributed by atoms with Crippen LogP contribution in [0.3, 0.4) is 0 Å². The first-order valence-electron chi connectivity index (χ1n) is 8.93. The zero-order valence-electron chi connectivity index (χ0n) is 16.1. The highest BCUT2D eigenvalue weighted by atomic mass is 32.2. The molecule has 0 saturated heterocycles. The maximum atomic E-state index is 12.8. The van der Waals surface area contributed by atoms with Crippen molar-refractivity contribution in [3.63, 3.8) is 0 Å². The first kappa shape index (κ1) is 20.0. The fourth-order valence-corrected chi connectivity index (χ4v) is 4.24. The fourth-order valence-electron chi connectivity index (χ4n) is 3.06. The number of aryl methyl sites for hydroxylation is 2. The predicted octanol–water partition coefficient (Wildman–Crippen LogP) is 2.45. The summed E-state index contributed by atoms with van der Waals surface area (Å²) in [6.07, 6.45) is 0.811. The Labute approximate surface area is 164 Å². The van der Waals surface area contributed by atoms with E-state index in [0.29, 0.717) is 24.2 Å². The topological polar surface area (TPSA) is 95.6 Å². The summed E-state index contributed by atoms with van der Waals surface area (Å²) in [6, 6.07) is 10.2. The van der Waals surface area contributed by atoms with E-state index in [-0.39, 0.29) is 17.3 Å². The number of hydrogen-bond donors (Lipinski definition) is 2. The second-order valence-corrected chi connectivity index (χ2v) is 8.97. The Kier molecular flexibility index (Phi) is 5.53. The lowest BCUT2D eigenvalue weighted by molar-refractivity contribution is -0.117. The molecule has 2 amide bonds. The van der Waals surface area contributed by atoms with Crippen LogP contribution < -0.4 is 10.6 Å². The Morgan fingerprint density at radius 3 is 2.68 bits per heavy atom. The maximum absolute atomic E-state index is 12.8. The summed E-state index contributed by atoms with van der Waals surface area (Å²) in [6.45, 7) is 3.54. The largest absolute Gasteiger partial charge is 0.326 e. The van der Waals surface area contributed by atoms with Crippen LogP contribution in [0.5, 0.6) is 0 Å². The second-order valence-electron chi connectivity index (χ2n) is 6.92. The summed E-state index contributed by atoms with van der Waals surface area (Å²) in [4.78, 5) is 23.9. The van der Waals surface area contributed by atoms with E-state index in [9.17, 15) is 18.0 Å². The Balaban J connectivity index is 1.74. The van der Waals surface area contributed by atoms with Gasteiger partial charge in [0.15, 0.2) is 0 Å². The van der Waals surface area contributed by atoms with Gasteiger partial charge in [0.2, 0.25) is 21.8 Å². The summed E-state index contributed by atoms with van der Waals surface area (Å²) in [7, 11) is -2.46. The molecule has 1 aliphatic heterocycles. The highest BCUT2D eigenvalue weighted by Crippen LogP contribution is 2.26. The van der Waals surface area contributed by atoms with E-state index in [2.05, 4.69) is 10.6 Å². The highest BCUT2D eigenvalue weighted by molar-refractivity contribution is 7.89. The first-order valence-corrected chi connectivity index (χ1v) is 10.4. The molecule has 0 saturated carbocycles. The van der Waals surface area contributed by atoms with Gasteiger partial charge in [-0.15, -0.1) is 0 Å². The summed E-state index contributed by atoms with van der Waals surface area (Å²) in [5.74, 6) is -0.492. The predicted molar refractivity (Wildman–Crippen MR) is 108 cm³/mol. The molecule has 2 aromatic rings. The van der Waals surface area contributed by atoms with Crippen LogP contribution in [0.2, 0.25) is 0 Å². The number of anilines is 2. The number of nitrogens with one attached hydrogen (secondary N) is 2. The lowest BCUT2D eigenvalue weighted by Gasteiger charge is -2.20. The van der Waals surface area contributed by atoms with Crippen molar-refractivity contribution in [2.24, 2.45) is 0 Å². The van der Waals surface area contributed by atoms with Crippen LogP contribution in [0, 0.1) is 13.8 Å². The van der Waals surface area contributed by atoms with E-state index in [1.165, 1.54) is 13.1 Å². The number of benzene rings is 2. The minimum Gasteiger partial charge on any atom is -0.326 e. The second kappa shape index (κ2) is 7.73. The van der Waals surface area contributed by atoms with Gasteiger partial charge >= 0.3 is 0 Å². The minimum absolute atomic E-state index is 0.0802. The molecule has 1 aliphatic rings. The van der Waals surface area contributed by atoms with Gasteiger partial charge in [-0.1, -0.05) is 12.1 Å². The normalized spacial score (nSPS) is 13.8. The number of sulfonamides is 1. The minimum atomic E-state index is -3.83. The van der Waals surface area contributed by atoms with E-state index in [4.69, 9.17) is 0 Å². The summed E-state index contributed by atoms with van der Waals surface area (Å²) in [5.41, 5.74) is 4.05. The van der Waals surface area contributed by atoms with Crippen molar-refractivity contribution < 1.29 is 18.0 Å². The number of fused-ring (bicyclic) bond motifs is 1. The molecule has 2 aromatic carbocycles. The lowest BCUT2D eigenvalue weighted by Crippen LogP contribution is -2.35. The van der Waals surface area contributed by atoms with E-state index >= 15 is 0 Å². The monoisotopic (exact) mass is 401 g/mol. The van der Waals surface area contributed by atoms with E-state index in [1.54, 1.807) is 18.2 Å². The van der Waals surface area contributed by atoms with Crippen molar-refractivity contribution in [2.45, 2.75) is 31.6 Å². The zero-order valence-corrected chi connectivity index (χ0v) is 16.9. The molecule has 28 heavy (non-hydrogen) atoms. The molecule has 0 fully saturated rings. The molecule has 7 nitrogen and oxygen atoms in total. The molecular formula is C20H23N3O4S. The van der Waals surface area contributed by atoms with Crippen molar-refractivity contribution in [1.29, 1.82) is 0 Å². The zero-order chi connectivity index (χ0) is 20.5. The van der Waals surface area contributed by atoms with Crippen molar-refractivity contribution in [3.8, 4) is 0 Å². The summed E-state index contributed by atoms with van der Waals surface area (Å²) < 4.78 is 26.7. The number of hydrogen-bond acceptors (Lipinski definition) is 4. The van der Waals surface area contributed by atoms with Gasteiger partial charge in [-0.25, -0.2) is 8.42 Å². The maximum Gasteiger partial charge on any atom is 0.243 e. The number of carbonyl (C=O) groups excluding carboxylic acids is 2. The summed E-state index contributed by atoms with van der Waals surface area (Å²) in [5, 5.41) is 5.49. The van der Waals surface area contributed by atoms with Gasteiger partial charge in [0.1, 0.15) is 0 Å². The quantitative estimate of drug-likeness (QED) is 0.804. The Bertz CT molecular complexity index is 1050. The van der Waals surface area contributed by atoms with Gasteiger partial charge in [0.05, 0.1) is 11.4 Å². The van der Waals surface area contributed by atoms with E-state index in [0.717, 1.165) is 21.0 Å². The molecule has 0 aromatic heterocycles. The van der Waals surface area contributed by atoms with Gasteiger partial charge in [-0.05, 0) is 61.2 Å². The van der Waals surface area contributed by atoms with Crippen molar-refractivity contribution >= 4 is 33.2 Å². The van der Waals surface area contributed by atoms with Crippen LogP contribution in [0.4, 0.5) is 11.4 Å². The third kappa shape index (κ3) is 4.07. The molecule has 0 bridgehead atoms. The molecule has 1 heterocycles. The number of likely N-dealkylation sites (N-methyl/N-ethyl adjacent to an activating group) is 1. The molecule has 0 atom stereocenters. The molecule has 2 N–H and O–H groups in total. The first-order chi connectivity index (χ1) is 13.2. The third-order valence-electron chi connectivity index (χ3n) is 4.93. The molecular weight excluding hydrogens is 378 g/mol. The molecule has 0 unspecified atom stereocenters. The Morgan fingerprint density at radius 1 is 1.18 bits per heavy atom. The van der Waals surface area contributed by atoms with Crippen molar-refractivity contribution in [2.75, 3.05) is 24.2 Å². The van der Waals surface area contributed by atoms with E-state index < -0.39 is 15.9 Å². The smallest absolute Gasteiger partial charge is 0.243 e.